The number of hydrogen-bond acceptors (Lipinski definition) is 8. The molecule has 10 heteroatoms. The number of aromatic amines is 1. The molecule has 2 aliphatic rings. The molecule has 6 aromatic rings. The lowest BCUT2D eigenvalue weighted by Crippen LogP contribution is -2.24. The van der Waals surface area contributed by atoms with Crippen molar-refractivity contribution in [3.8, 4) is 0 Å². The minimum Gasteiger partial charge on any atom is -0.394 e. The van der Waals surface area contributed by atoms with Gasteiger partial charge in [0.25, 0.3) is 5.56 Å². The van der Waals surface area contributed by atoms with Crippen molar-refractivity contribution in [3.63, 3.8) is 0 Å². The van der Waals surface area contributed by atoms with Crippen molar-refractivity contribution in [2.75, 3.05) is 11.9 Å². The predicted octanol–water partition coefficient (Wildman–Crippen LogP) is 2.86. The van der Waals surface area contributed by atoms with Crippen molar-refractivity contribution >= 4 is 49.4 Å². The lowest BCUT2D eigenvalue weighted by molar-refractivity contribution is -0.0432. The second kappa shape index (κ2) is 7.71. The highest BCUT2D eigenvalue weighted by Crippen LogP contribution is 2.49. The molecule has 0 radical (unpaired) electrons. The van der Waals surface area contributed by atoms with E-state index in [1.165, 1.54) is 11.7 Å². The first kappa shape index (κ1) is 21.9. The van der Waals surface area contributed by atoms with Crippen molar-refractivity contribution in [3.05, 3.63) is 76.3 Å². The maximum atomic E-state index is 12.9. The standard InChI is InChI=1S/C28H23N5O5/c34-10-18-17(35)9-19(38-18)33-11-29-24-26(33)31-28(32-27(24)37)30-23-15-7-6-13-5-4-12-2-1-3-14-8-16(25(23)36)22(15)21(13)20(12)14/h1-8,11,17-19,23,25,34-36H,9-10H2,(H2,30,31,32,37)/t17-,18+,19+,23-,25+/m0/s1. The Bertz CT molecular complexity index is 1950. The van der Waals surface area contributed by atoms with Crippen LogP contribution in [0.5, 0.6) is 0 Å². The Kier molecular flexibility index (Phi) is 4.45. The number of fused-ring (bicyclic) bond motifs is 1. The van der Waals surface area contributed by atoms with Gasteiger partial charge >= 0.3 is 0 Å². The summed E-state index contributed by atoms with van der Waals surface area (Å²) in [5.41, 5.74) is 1.76. The van der Waals surface area contributed by atoms with Crippen LogP contribution >= 0.6 is 0 Å². The van der Waals surface area contributed by atoms with Gasteiger partial charge in [0, 0.05) is 6.42 Å². The van der Waals surface area contributed by atoms with Gasteiger partial charge in [-0.3, -0.25) is 14.3 Å². The largest absolute Gasteiger partial charge is 0.394 e. The molecule has 0 unspecified atom stereocenters. The summed E-state index contributed by atoms with van der Waals surface area (Å²) in [6.45, 7) is -0.315. The first-order chi connectivity index (χ1) is 18.5. The Morgan fingerprint density at radius 1 is 1.03 bits per heavy atom. The molecular weight excluding hydrogens is 486 g/mol. The van der Waals surface area contributed by atoms with E-state index >= 15 is 0 Å². The van der Waals surface area contributed by atoms with Crippen LogP contribution in [0.3, 0.4) is 0 Å². The third kappa shape index (κ3) is 2.88. The van der Waals surface area contributed by atoms with Crippen LogP contribution < -0.4 is 10.9 Å². The number of nitrogens with one attached hydrogen (secondary N) is 2. The minimum absolute atomic E-state index is 0.135. The van der Waals surface area contributed by atoms with Crippen molar-refractivity contribution < 1.29 is 20.1 Å². The number of aliphatic hydroxyl groups is 3. The first-order valence-corrected chi connectivity index (χ1v) is 12.6. The number of benzene rings is 4. The Hall–Kier alpha value is -4.09. The monoisotopic (exact) mass is 509 g/mol. The maximum absolute atomic E-state index is 12.9. The average Bonchev–Trinajstić information content (AvgIpc) is 3.59. The van der Waals surface area contributed by atoms with Gasteiger partial charge in [-0.25, -0.2) is 4.98 Å². The number of hydrogen-bond donors (Lipinski definition) is 5. The number of H-pyrrole nitrogens is 1. The molecule has 5 atom stereocenters. The Labute approximate surface area is 214 Å². The normalized spacial score (nSPS) is 25.0. The highest BCUT2D eigenvalue weighted by atomic mass is 16.5. The van der Waals surface area contributed by atoms with E-state index in [-0.39, 0.29) is 30.1 Å². The number of ether oxygens (including phenoxy) is 1. The zero-order valence-corrected chi connectivity index (χ0v) is 20.0. The van der Waals surface area contributed by atoms with Gasteiger partial charge in [0.15, 0.2) is 11.2 Å². The number of rotatable bonds is 4. The van der Waals surface area contributed by atoms with Crippen LogP contribution in [0.25, 0.3) is 43.5 Å². The molecule has 4 aromatic carbocycles. The van der Waals surface area contributed by atoms with Crippen molar-refractivity contribution in [2.45, 2.75) is 37.0 Å². The van der Waals surface area contributed by atoms with Crippen LogP contribution in [-0.2, 0) is 4.74 Å². The second-order valence-corrected chi connectivity index (χ2v) is 10.2. The van der Waals surface area contributed by atoms with Crippen LogP contribution in [0.4, 0.5) is 5.95 Å². The SMILES string of the molecule is O=c1[nH]c(N[C@H]2c3ccc4ccc5cccc6cc(c3c4c56)[C@H]2O)nc2c1ncn2[C@H]1C[C@H](O)[C@@H](CO)O1. The van der Waals surface area contributed by atoms with Gasteiger partial charge < -0.3 is 25.4 Å². The number of aromatic nitrogens is 4. The van der Waals surface area contributed by atoms with Gasteiger partial charge in [-0.2, -0.15) is 4.98 Å². The molecule has 1 aliphatic carbocycles. The third-order valence-corrected chi connectivity index (χ3v) is 8.08. The fourth-order valence-electron chi connectivity index (χ4n) is 6.31. The fourth-order valence-corrected chi connectivity index (χ4v) is 6.31. The highest BCUT2D eigenvalue weighted by Gasteiger charge is 2.37. The van der Waals surface area contributed by atoms with Gasteiger partial charge in [-0.05, 0) is 49.5 Å². The van der Waals surface area contributed by atoms with Crippen LogP contribution in [-0.4, -0.2) is 53.7 Å². The maximum Gasteiger partial charge on any atom is 0.280 e. The lowest BCUT2D eigenvalue weighted by atomic mass is 9.91. The number of anilines is 1. The Morgan fingerprint density at radius 3 is 2.63 bits per heavy atom. The smallest absolute Gasteiger partial charge is 0.280 e. The second-order valence-electron chi connectivity index (χ2n) is 10.2. The summed E-state index contributed by atoms with van der Waals surface area (Å²) in [6, 6.07) is 16.0. The highest BCUT2D eigenvalue weighted by molar-refractivity contribution is 6.25. The van der Waals surface area contributed by atoms with Crippen LogP contribution in [0, 0.1) is 0 Å². The third-order valence-electron chi connectivity index (χ3n) is 8.08. The molecule has 3 heterocycles. The van der Waals surface area contributed by atoms with E-state index in [0.29, 0.717) is 0 Å². The summed E-state index contributed by atoms with van der Waals surface area (Å²) in [5, 5.41) is 41.0. The van der Waals surface area contributed by atoms with E-state index in [1.54, 1.807) is 4.57 Å². The summed E-state index contributed by atoms with van der Waals surface area (Å²) >= 11 is 0. The molecule has 2 aromatic heterocycles. The zero-order chi connectivity index (χ0) is 25.7. The number of imidazole rings is 1. The Morgan fingerprint density at radius 2 is 1.82 bits per heavy atom. The fraction of sp³-hybridized carbons (Fsp3) is 0.250. The van der Waals surface area contributed by atoms with Crippen molar-refractivity contribution in [2.24, 2.45) is 0 Å². The lowest BCUT2D eigenvalue weighted by Gasteiger charge is -2.19. The predicted molar refractivity (Wildman–Crippen MR) is 141 cm³/mol. The van der Waals surface area contributed by atoms with Crippen LogP contribution in [0.2, 0.25) is 0 Å². The molecule has 5 N–H and O–H groups in total. The molecule has 0 amide bonds. The molecule has 1 saturated heterocycles. The summed E-state index contributed by atoms with van der Waals surface area (Å²) < 4.78 is 7.35. The summed E-state index contributed by atoms with van der Waals surface area (Å²) in [5.74, 6) is 0.188. The van der Waals surface area contributed by atoms with Gasteiger partial charge in [0.1, 0.15) is 18.4 Å². The Balaban J connectivity index is 1.23. The zero-order valence-electron chi connectivity index (χ0n) is 20.0. The molecule has 0 spiro atoms. The number of nitrogens with zero attached hydrogens (tertiary/aromatic N) is 3. The number of aliphatic hydroxyl groups excluding tert-OH is 3. The minimum atomic E-state index is -0.858. The molecule has 0 bridgehead atoms. The van der Waals surface area contributed by atoms with Crippen LogP contribution in [0.15, 0.2) is 59.7 Å². The van der Waals surface area contributed by atoms with Gasteiger partial charge in [0.2, 0.25) is 5.95 Å². The quantitative estimate of drug-likeness (QED) is 0.228. The first-order valence-electron chi connectivity index (χ1n) is 12.6. The molecule has 190 valence electrons. The van der Waals surface area contributed by atoms with E-state index in [9.17, 15) is 20.1 Å². The van der Waals surface area contributed by atoms with Gasteiger partial charge in [0.05, 0.1) is 25.1 Å². The molecule has 8 rings (SSSR count). The average molecular weight is 510 g/mol. The van der Waals surface area contributed by atoms with Crippen molar-refractivity contribution in [1.29, 1.82) is 0 Å². The van der Waals surface area contributed by atoms with E-state index in [2.05, 4.69) is 56.7 Å². The summed E-state index contributed by atoms with van der Waals surface area (Å²) in [4.78, 5) is 24.5. The van der Waals surface area contributed by atoms with E-state index in [1.807, 2.05) is 12.1 Å². The molecule has 0 saturated carbocycles. The summed E-state index contributed by atoms with van der Waals surface area (Å²) in [7, 11) is 0. The summed E-state index contributed by atoms with van der Waals surface area (Å²) in [6.07, 6.45) is -1.35. The van der Waals surface area contributed by atoms with Crippen LogP contribution in [0.1, 0.15) is 35.9 Å². The topological polar surface area (TPSA) is 146 Å². The van der Waals surface area contributed by atoms with Crippen molar-refractivity contribution in [1.82, 2.24) is 19.5 Å². The van der Waals surface area contributed by atoms with E-state index in [4.69, 9.17) is 4.74 Å². The van der Waals surface area contributed by atoms with E-state index in [0.717, 1.165) is 38.1 Å². The van der Waals surface area contributed by atoms with Gasteiger partial charge in [-0.1, -0.05) is 42.5 Å². The van der Waals surface area contributed by atoms with Gasteiger partial charge in [-0.15, -0.1) is 0 Å². The van der Waals surface area contributed by atoms with E-state index < -0.39 is 36.1 Å². The molecular formula is C28H23N5O5. The molecule has 38 heavy (non-hydrogen) atoms. The molecule has 1 fully saturated rings. The molecule has 1 aliphatic heterocycles. The molecule has 10 nitrogen and oxygen atoms in total.